The first-order chi connectivity index (χ1) is 37.1. The van der Waals surface area contributed by atoms with Gasteiger partial charge in [0, 0.05) is 38.3 Å². The Morgan fingerprint density at radius 1 is 0.551 bits per heavy atom. The molecule has 78 heavy (non-hydrogen) atoms. The van der Waals surface area contributed by atoms with Crippen LogP contribution in [0.5, 0.6) is 5.75 Å². The first-order valence-electron chi connectivity index (χ1n) is 27.1. The standard InChI is InChI=1S/C52H82N12O14/c1-2-3-4-5-6-7-8-9-10-11-12-13-15-32-27-45(71)57-37(28-43(55)69)49(75)60-36(26-31-17-19-33(66)20-18-31)48(74)58-34(21-23-41(53)67)46(72)47(73)35(22-24-42(54)68)59-51(77)40-16-14-25-64(40)52(78)39(30-65)61-50(76)38(63-62-32)29-44(56)70/h17-20,32,34-40,62-63,65-66H,2-16,21-30H2,1H3,(H2,53,67)(H2,54,68)(H2,55,69)(H2,56,70)(H,57,71)(H,58,74)(H,59,77)(H,60,75)(H,61,76)/t32?,34-,35-,36-,37-,38-,39-,40-/m0/s1. The molecule has 2 aliphatic heterocycles. The zero-order chi connectivity index (χ0) is 57.7. The highest BCUT2D eigenvalue weighted by molar-refractivity contribution is 6.41. The number of nitrogens with two attached hydrogens (primary N) is 4. The van der Waals surface area contributed by atoms with Crippen LogP contribution in [0.4, 0.5) is 0 Å². The van der Waals surface area contributed by atoms with Crippen LogP contribution in [-0.2, 0) is 64.0 Å². The number of aromatic hydroxyl groups is 1. The number of ketones is 2. The number of nitrogens with one attached hydrogen (secondary N) is 7. The minimum Gasteiger partial charge on any atom is -0.508 e. The second-order valence-corrected chi connectivity index (χ2v) is 20.1. The van der Waals surface area contributed by atoms with Crippen molar-refractivity contribution < 1.29 is 67.7 Å². The van der Waals surface area contributed by atoms with E-state index in [-0.39, 0.29) is 31.6 Å². The fourth-order valence-corrected chi connectivity index (χ4v) is 9.28. The van der Waals surface area contributed by atoms with Crippen LogP contribution in [0.1, 0.15) is 154 Å². The maximum Gasteiger partial charge on any atom is 0.248 e. The predicted octanol–water partition coefficient (Wildman–Crippen LogP) is -1.91. The third kappa shape index (κ3) is 23.7. The van der Waals surface area contributed by atoms with Crippen molar-refractivity contribution in [3.63, 3.8) is 0 Å². The minimum atomic E-state index is -1.86. The van der Waals surface area contributed by atoms with Gasteiger partial charge in [-0.25, -0.2) is 5.43 Å². The zero-order valence-electron chi connectivity index (χ0n) is 44.7. The number of carbonyl (C=O) groups is 12. The molecule has 0 saturated carbocycles. The molecule has 2 heterocycles. The van der Waals surface area contributed by atoms with E-state index < -0.39 is 171 Å². The Morgan fingerprint density at radius 2 is 1.03 bits per heavy atom. The molecule has 0 aliphatic carbocycles. The van der Waals surface area contributed by atoms with Crippen LogP contribution in [-0.4, -0.2) is 147 Å². The quantitative estimate of drug-likeness (QED) is 0.0356. The van der Waals surface area contributed by atoms with Crippen LogP contribution >= 0.6 is 0 Å². The number of hydrogen-bond acceptors (Lipinski definition) is 16. The fraction of sp³-hybridized carbons (Fsp3) is 0.654. The fourth-order valence-electron chi connectivity index (χ4n) is 9.28. The van der Waals surface area contributed by atoms with Crippen LogP contribution in [0.3, 0.4) is 0 Å². The van der Waals surface area contributed by atoms with Crippen molar-refractivity contribution >= 4 is 70.6 Å². The lowest BCUT2D eigenvalue weighted by atomic mass is 9.95. The summed E-state index contributed by atoms with van der Waals surface area (Å²) in [4.78, 5) is 163. The molecule has 10 amide bonds. The van der Waals surface area contributed by atoms with Gasteiger partial charge in [0.2, 0.25) is 70.6 Å². The molecule has 1 aromatic carbocycles. The molecular weight excluding hydrogens is 1020 g/mol. The Hall–Kier alpha value is -7.06. The van der Waals surface area contributed by atoms with Crippen LogP contribution < -0.4 is 60.4 Å². The lowest BCUT2D eigenvalue weighted by Crippen LogP contribution is -2.60. The highest BCUT2D eigenvalue weighted by atomic mass is 16.3. The van der Waals surface area contributed by atoms with Crippen molar-refractivity contribution in [2.45, 2.75) is 203 Å². The van der Waals surface area contributed by atoms with Crippen molar-refractivity contribution in [3.8, 4) is 5.75 Å². The minimum absolute atomic E-state index is 0.00398. The number of fused-ring (bicyclic) bond motifs is 1. The second kappa shape index (κ2) is 34.7. The van der Waals surface area contributed by atoms with Crippen molar-refractivity contribution in [3.05, 3.63) is 29.8 Å². The maximum atomic E-state index is 14.3. The Balaban J connectivity index is 2.09. The van der Waals surface area contributed by atoms with Crippen molar-refractivity contribution in [2.24, 2.45) is 22.9 Å². The van der Waals surface area contributed by atoms with E-state index in [2.05, 4.69) is 44.4 Å². The van der Waals surface area contributed by atoms with E-state index in [1.165, 1.54) is 56.4 Å². The monoisotopic (exact) mass is 1100 g/mol. The topological polar surface area (TPSA) is 437 Å². The van der Waals surface area contributed by atoms with Gasteiger partial charge in [0.1, 0.15) is 36.0 Å². The summed E-state index contributed by atoms with van der Waals surface area (Å²) in [5.41, 5.74) is 27.9. The van der Waals surface area contributed by atoms with E-state index in [9.17, 15) is 67.7 Å². The molecule has 2 aliphatic rings. The molecule has 434 valence electrons. The number of phenolic OH excluding ortho intramolecular Hbond substituents is 1. The summed E-state index contributed by atoms with van der Waals surface area (Å²) < 4.78 is 0. The molecular formula is C52H82N12O14. The average Bonchev–Trinajstić information content (AvgIpc) is 3.91. The number of primary amides is 4. The van der Waals surface area contributed by atoms with Crippen LogP contribution in [0.25, 0.3) is 0 Å². The molecule has 0 spiro atoms. The molecule has 1 aromatic rings. The van der Waals surface area contributed by atoms with Gasteiger partial charge in [0.05, 0.1) is 31.5 Å². The van der Waals surface area contributed by atoms with E-state index in [1.54, 1.807) is 0 Å². The van der Waals surface area contributed by atoms with Gasteiger partial charge >= 0.3 is 0 Å². The number of unbranched alkanes of at least 4 members (excludes halogenated alkanes) is 11. The van der Waals surface area contributed by atoms with Gasteiger partial charge in [-0.15, -0.1) is 0 Å². The second-order valence-electron chi connectivity index (χ2n) is 20.1. The number of benzene rings is 1. The SMILES string of the molecule is CCCCCCCCCCCCCCC1CC(=O)N[C@@H](CC(N)=O)C(=O)N[C@@H](Cc2ccc(O)cc2)C(=O)N[C@@H](CCC(N)=O)C(=O)C(=O)[C@H](CCC(N)=O)NC(=O)[C@@H]2CCCN2C(=O)[C@H](CO)NC(=O)[C@H](CC(N)=O)NN1. The molecule has 8 atom stereocenters. The molecule has 26 heteroatoms. The summed E-state index contributed by atoms with van der Waals surface area (Å²) in [6, 6.07) is -7.06. The van der Waals surface area contributed by atoms with Gasteiger partial charge in [-0.05, 0) is 49.8 Å². The molecule has 26 nitrogen and oxygen atoms in total. The number of hydrazine groups is 1. The number of aliphatic hydroxyl groups excluding tert-OH is 1. The highest BCUT2D eigenvalue weighted by Gasteiger charge is 2.41. The lowest BCUT2D eigenvalue weighted by Gasteiger charge is -2.30. The Labute approximate surface area is 454 Å². The van der Waals surface area contributed by atoms with Crippen molar-refractivity contribution in [1.29, 1.82) is 0 Å². The molecule has 0 aromatic heterocycles. The number of carbonyl (C=O) groups excluding carboxylic acids is 12. The molecule has 0 radical (unpaired) electrons. The smallest absolute Gasteiger partial charge is 0.248 e. The summed E-state index contributed by atoms with van der Waals surface area (Å²) in [6.07, 6.45) is 8.65. The van der Waals surface area contributed by atoms with Gasteiger partial charge in [0.25, 0.3) is 0 Å². The predicted molar refractivity (Wildman–Crippen MR) is 282 cm³/mol. The molecule has 3 rings (SSSR count). The third-order valence-corrected chi connectivity index (χ3v) is 13.6. The van der Waals surface area contributed by atoms with Crippen LogP contribution in [0.2, 0.25) is 0 Å². The van der Waals surface area contributed by atoms with Crippen molar-refractivity contribution in [1.82, 2.24) is 42.3 Å². The number of phenols is 1. The molecule has 2 saturated heterocycles. The molecule has 0 bridgehead atoms. The summed E-state index contributed by atoms with van der Waals surface area (Å²) in [6.45, 7) is 1.12. The van der Waals surface area contributed by atoms with Gasteiger partial charge in [-0.3, -0.25) is 63.0 Å². The van der Waals surface area contributed by atoms with E-state index in [0.29, 0.717) is 18.4 Å². The zero-order valence-corrected chi connectivity index (χ0v) is 44.7. The number of amides is 10. The van der Waals surface area contributed by atoms with E-state index in [1.807, 2.05) is 0 Å². The highest BCUT2D eigenvalue weighted by Crippen LogP contribution is 2.21. The summed E-state index contributed by atoms with van der Waals surface area (Å²) in [7, 11) is 0. The largest absolute Gasteiger partial charge is 0.508 e. The number of rotatable bonds is 26. The van der Waals surface area contributed by atoms with Crippen LogP contribution in [0.15, 0.2) is 24.3 Å². The Morgan fingerprint density at radius 3 is 1.55 bits per heavy atom. The van der Waals surface area contributed by atoms with E-state index in [4.69, 9.17) is 22.9 Å². The molecule has 1 unspecified atom stereocenters. The summed E-state index contributed by atoms with van der Waals surface area (Å²) in [5.74, 6) is -12.7. The Bertz CT molecular complexity index is 2230. The lowest BCUT2D eigenvalue weighted by molar-refractivity contribution is -0.144. The average molecular weight is 1100 g/mol. The van der Waals surface area contributed by atoms with Gasteiger partial charge in [-0.1, -0.05) is 96.1 Å². The molecule has 2 fully saturated rings. The number of aliphatic hydroxyl groups is 1. The van der Waals surface area contributed by atoms with Crippen molar-refractivity contribution in [2.75, 3.05) is 13.2 Å². The number of nitrogens with zero attached hydrogens (tertiary/aromatic N) is 1. The summed E-state index contributed by atoms with van der Waals surface area (Å²) in [5, 5.41) is 32.5. The van der Waals surface area contributed by atoms with Crippen LogP contribution in [0, 0.1) is 0 Å². The first kappa shape index (κ1) is 65.2. The first-order valence-corrected chi connectivity index (χ1v) is 27.1. The maximum absolute atomic E-state index is 14.3. The molecule has 17 N–H and O–H groups in total. The Kier molecular flexibility index (Phi) is 29.0. The number of hydrogen-bond donors (Lipinski definition) is 13. The van der Waals surface area contributed by atoms with Gasteiger partial charge in [0.15, 0.2) is 0 Å². The third-order valence-electron chi connectivity index (χ3n) is 13.6. The van der Waals surface area contributed by atoms with Gasteiger partial charge in [-0.2, -0.15) is 0 Å². The normalized spacial score (nSPS) is 23.6. The summed E-state index contributed by atoms with van der Waals surface area (Å²) >= 11 is 0. The van der Waals surface area contributed by atoms with E-state index in [0.717, 1.165) is 43.4 Å². The number of Topliss-reactive ketones (excluding diaryl/α,β-unsaturated/α-hetero) is 2. The van der Waals surface area contributed by atoms with E-state index >= 15 is 0 Å². The van der Waals surface area contributed by atoms with Gasteiger partial charge < -0.3 is 64.6 Å².